The van der Waals surface area contributed by atoms with Crippen LogP contribution in [0, 0.1) is 0 Å². The minimum absolute atomic E-state index is 0.0673. The van der Waals surface area contributed by atoms with Gasteiger partial charge in [-0.15, -0.1) is 0 Å². The number of hydrogen-bond donors (Lipinski definition) is 1. The van der Waals surface area contributed by atoms with Crippen molar-refractivity contribution in [1.29, 1.82) is 0 Å². The molecule has 0 bridgehead atoms. The molecule has 0 aromatic heterocycles. The van der Waals surface area contributed by atoms with Crippen molar-refractivity contribution < 1.29 is 24.2 Å². The summed E-state index contributed by atoms with van der Waals surface area (Å²) in [6.45, 7) is 1.80. The Kier molecular flexibility index (Phi) is 3.87. The molecule has 1 N–H and O–H groups in total. The summed E-state index contributed by atoms with van der Waals surface area (Å²) in [6, 6.07) is 0. The van der Waals surface area contributed by atoms with Gasteiger partial charge in [0.2, 0.25) is 0 Å². The van der Waals surface area contributed by atoms with E-state index in [9.17, 15) is 14.4 Å². The fourth-order valence-corrected chi connectivity index (χ4v) is 0.348. The van der Waals surface area contributed by atoms with Crippen LogP contribution >= 0.6 is 0 Å². The van der Waals surface area contributed by atoms with Gasteiger partial charge in [-0.2, -0.15) is 0 Å². The largest absolute Gasteiger partial charge is 0.475 e. The molecule has 0 aliphatic carbocycles. The van der Waals surface area contributed by atoms with Gasteiger partial charge in [-0.1, -0.05) is 6.92 Å². The number of ether oxygens (including phenoxy) is 1. The van der Waals surface area contributed by atoms with Crippen molar-refractivity contribution in [2.24, 2.45) is 0 Å². The number of Topliss-reactive ketones (excluding diaryl/α,β-unsaturated/α-hetero) is 1. The van der Waals surface area contributed by atoms with Gasteiger partial charge in [-0.05, 0) is 6.42 Å². The van der Waals surface area contributed by atoms with Crippen LogP contribution in [0.3, 0.4) is 0 Å². The van der Waals surface area contributed by atoms with Crippen molar-refractivity contribution in [3.8, 4) is 0 Å². The molecule has 11 heavy (non-hydrogen) atoms. The van der Waals surface area contributed by atoms with Crippen LogP contribution in [0.15, 0.2) is 0 Å². The summed E-state index contributed by atoms with van der Waals surface area (Å²) in [5.74, 6) is -4.62. The summed E-state index contributed by atoms with van der Waals surface area (Å²) < 4.78 is 4.24. The van der Waals surface area contributed by atoms with E-state index in [2.05, 4.69) is 4.74 Å². The molecule has 0 aromatic carbocycles. The first-order valence-electron chi connectivity index (χ1n) is 3.04. The lowest BCUT2D eigenvalue weighted by Crippen LogP contribution is -2.25. The van der Waals surface area contributed by atoms with E-state index in [1.54, 1.807) is 6.92 Å². The number of aliphatic carboxylic acids is 1. The number of rotatable bonds is 4. The molecular weight excluding hydrogens is 152 g/mol. The smallest absolute Gasteiger partial charge is 0.386 e. The van der Waals surface area contributed by atoms with E-state index in [0.29, 0.717) is 6.42 Å². The first-order chi connectivity index (χ1) is 5.09. The molecule has 0 rings (SSSR count). The molecule has 5 nitrogen and oxygen atoms in total. The highest BCUT2D eigenvalue weighted by molar-refractivity contribution is 6.59. The van der Waals surface area contributed by atoms with Gasteiger partial charge in [0.05, 0.1) is 6.61 Å². The molecule has 0 saturated carbocycles. The van der Waals surface area contributed by atoms with E-state index < -0.39 is 17.7 Å². The fourth-order valence-electron chi connectivity index (χ4n) is 0.348. The molecule has 0 atom stereocenters. The van der Waals surface area contributed by atoms with Crippen LogP contribution in [0.25, 0.3) is 0 Å². The Morgan fingerprint density at radius 2 is 1.91 bits per heavy atom. The van der Waals surface area contributed by atoms with Crippen molar-refractivity contribution in [2.45, 2.75) is 13.3 Å². The van der Waals surface area contributed by atoms with Crippen LogP contribution in [0.2, 0.25) is 0 Å². The lowest BCUT2D eigenvalue weighted by molar-refractivity contribution is -0.162. The zero-order valence-electron chi connectivity index (χ0n) is 5.99. The van der Waals surface area contributed by atoms with Crippen molar-refractivity contribution in [2.75, 3.05) is 6.61 Å². The van der Waals surface area contributed by atoms with Crippen LogP contribution < -0.4 is 0 Å². The Labute approximate surface area is 63.0 Å². The first-order valence-corrected chi connectivity index (χ1v) is 3.04. The van der Waals surface area contributed by atoms with Gasteiger partial charge in [0.1, 0.15) is 0 Å². The summed E-state index contributed by atoms with van der Waals surface area (Å²) in [5, 5.41) is 8.00. The maximum Gasteiger partial charge on any atom is 0.386 e. The Bertz CT molecular complexity index is 183. The predicted molar refractivity (Wildman–Crippen MR) is 33.9 cm³/mol. The van der Waals surface area contributed by atoms with Crippen LogP contribution in [-0.2, 0) is 19.1 Å². The maximum atomic E-state index is 10.4. The molecule has 5 heteroatoms. The molecule has 0 spiro atoms. The topological polar surface area (TPSA) is 80.7 Å². The van der Waals surface area contributed by atoms with Crippen molar-refractivity contribution in [3.05, 3.63) is 0 Å². The number of esters is 1. The summed E-state index contributed by atoms with van der Waals surface area (Å²) in [7, 11) is 0. The number of ketones is 1. The molecule has 0 fully saturated rings. The summed E-state index contributed by atoms with van der Waals surface area (Å²) in [4.78, 5) is 30.5. The molecule has 0 radical (unpaired) electrons. The minimum Gasteiger partial charge on any atom is -0.475 e. The third-order valence-electron chi connectivity index (χ3n) is 0.817. The quantitative estimate of drug-likeness (QED) is 0.343. The molecule has 0 aliphatic rings. The molecule has 0 unspecified atom stereocenters. The van der Waals surface area contributed by atoms with Gasteiger partial charge in [-0.3, -0.25) is 4.79 Å². The molecule has 62 valence electrons. The molecule has 0 amide bonds. The molecule has 0 saturated heterocycles. The number of carboxylic acids is 1. The summed E-state index contributed by atoms with van der Waals surface area (Å²) in [6.07, 6.45) is 0.554. The van der Waals surface area contributed by atoms with E-state index in [-0.39, 0.29) is 6.61 Å². The Morgan fingerprint density at radius 1 is 1.36 bits per heavy atom. The first kappa shape index (κ1) is 9.61. The molecule has 0 heterocycles. The lowest BCUT2D eigenvalue weighted by atomic mass is 10.4. The van der Waals surface area contributed by atoms with E-state index >= 15 is 0 Å². The second-order valence-corrected chi connectivity index (χ2v) is 1.77. The van der Waals surface area contributed by atoms with Gasteiger partial charge in [0, 0.05) is 0 Å². The second-order valence-electron chi connectivity index (χ2n) is 1.77. The molecular formula is C6H8O5. The van der Waals surface area contributed by atoms with Gasteiger partial charge in [0.15, 0.2) is 0 Å². The highest BCUT2D eigenvalue weighted by Crippen LogP contribution is 1.84. The zero-order chi connectivity index (χ0) is 8.85. The minimum atomic E-state index is -1.79. The third kappa shape index (κ3) is 3.34. The predicted octanol–water partition coefficient (Wildman–Crippen LogP) is -0.407. The van der Waals surface area contributed by atoms with Gasteiger partial charge in [-0.25, -0.2) is 9.59 Å². The van der Waals surface area contributed by atoms with E-state index in [1.807, 2.05) is 0 Å². The van der Waals surface area contributed by atoms with Gasteiger partial charge >= 0.3 is 17.7 Å². The van der Waals surface area contributed by atoms with Crippen molar-refractivity contribution in [3.63, 3.8) is 0 Å². The second kappa shape index (κ2) is 4.43. The average Bonchev–Trinajstić information content (AvgIpc) is 1.98. The van der Waals surface area contributed by atoms with E-state index in [0.717, 1.165) is 0 Å². The zero-order valence-corrected chi connectivity index (χ0v) is 5.99. The average molecular weight is 160 g/mol. The van der Waals surface area contributed by atoms with Gasteiger partial charge in [0.25, 0.3) is 0 Å². The standard InChI is InChI=1S/C6H8O5/c1-2-3-11-6(10)4(7)5(8)9/h2-3H2,1H3,(H,8,9). The Balaban J connectivity index is 3.84. The number of hydrogen-bond acceptors (Lipinski definition) is 4. The highest BCUT2D eigenvalue weighted by atomic mass is 16.5. The molecule has 0 aromatic rings. The highest BCUT2D eigenvalue weighted by Gasteiger charge is 2.22. The summed E-state index contributed by atoms with van der Waals surface area (Å²) >= 11 is 0. The third-order valence-corrected chi connectivity index (χ3v) is 0.817. The van der Waals surface area contributed by atoms with Crippen LogP contribution in [0.1, 0.15) is 13.3 Å². The number of carboxylic acid groups (broad SMARTS) is 1. The van der Waals surface area contributed by atoms with E-state index in [4.69, 9.17) is 5.11 Å². The van der Waals surface area contributed by atoms with Crippen LogP contribution in [0.5, 0.6) is 0 Å². The maximum absolute atomic E-state index is 10.4. The Hall–Kier alpha value is -1.39. The lowest BCUT2D eigenvalue weighted by Gasteiger charge is -1.97. The van der Waals surface area contributed by atoms with Crippen LogP contribution in [0.4, 0.5) is 0 Å². The summed E-state index contributed by atoms with van der Waals surface area (Å²) in [5.41, 5.74) is 0. The normalized spacial score (nSPS) is 8.82. The van der Waals surface area contributed by atoms with Gasteiger partial charge < -0.3 is 9.84 Å². The van der Waals surface area contributed by atoms with Crippen molar-refractivity contribution >= 4 is 17.7 Å². The van der Waals surface area contributed by atoms with Crippen LogP contribution in [-0.4, -0.2) is 29.4 Å². The Morgan fingerprint density at radius 3 is 2.27 bits per heavy atom. The van der Waals surface area contributed by atoms with E-state index in [1.165, 1.54) is 0 Å². The number of carbonyl (C=O) groups is 3. The molecule has 0 aliphatic heterocycles. The fraction of sp³-hybridized carbons (Fsp3) is 0.500. The SMILES string of the molecule is CCCOC(=O)C(=O)C(=O)O. The number of carbonyl (C=O) groups excluding carboxylic acids is 2. The monoisotopic (exact) mass is 160 g/mol. The van der Waals surface area contributed by atoms with Crippen molar-refractivity contribution in [1.82, 2.24) is 0 Å².